The third-order valence-corrected chi connectivity index (χ3v) is 11.8. The molecule has 0 atom stereocenters. The molecule has 0 aromatic heterocycles. The van der Waals surface area contributed by atoms with Gasteiger partial charge in [0.1, 0.15) is 0 Å². The molecule has 0 aliphatic heterocycles. The zero-order valence-electron chi connectivity index (χ0n) is 32.6. The molecule has 4 nitrogen and oxygen atoms in total. The van der Waals surface area contributed by atoms with Gasteiger partial charge in [-0.1, -0.05) is 40.0 Å². The van der Waals surface area contributed by atoms with Crippen LogP contribution >= 0.6 is 7.94 Å². The predicted octanol–water partition coefficient (Wildman–Crippen LogP) is 14.8. The van der Waals surface area contributed by atoms with Gasteiger partial charge in [-0.15, -0.1) is 0 Å². The normalized spacial score (nSPS) is 11.7. The summed E-state index contributed by atoms with van der Waals surface area (Å²) in [6.45, 7) is 6.79. The molecule has 0 heterocycles. The molecule has 3 aromatic carbocycles. The van der Waals surface area contributed by atoms with E-state index in [0.717, 1.165) is 25.3 Å². The fourth-order valence-electron chi connectivity index (χ4n) is 6.66. The van der Waals surface area contributed by atoms with Gasteiger partial charge in [0.25, 0.3) is 0 Å². The second kappa shape index (κ2) is 26.9. The van der Waals surface area contributed by atoms with Crippen molar-refractivity contribution in [2.45, 2.75) is 175 Å². The first kappa shape index (κ1) is 42.6. The number of carbonyl (C=O) groups is 1. The van der Waals surface area contributed by atoms with Gasteiger partial charge >= 0.3 is 274 Å². The molecule has 0 saturated heterocycles. The molecule has 0 aliphatic carbocycles. The zero-order chi connectivity index (χ0) is 36.2. The first-order chi connectivity index (χ1) is 25.1. The summed E-state index contributed by atoms with van der Waals surface area (Å²) in [6.07, 6.45) is 30.4. The van der Waals surface area contributed by atoms with Crippen LogP contribution in [0.4, 0.5) is 0 Å². The summed E-state index contributed by atoms with van der Waals surface area (Å²) < 4.78 is 19.3. The number of hydrogen-bond donors (Lipinski definition) is 0. The first-order valence-corrected chi connectivity index (χ1v) is 22.7. The quantitative estimate of drug-likeness (QED) is 0.0377. The van der Waals surface area contributed by atoms with Gasteiger partial charge < -0.3 is 0 Å². The van der Waals surface area contributed by atoms with Gasteiger partial charge in [0.05, 0.1) is 0 Å². The summed E-state index contributed by atoms with van der Waals surface area (Å²) >= 11 is 0. The molecule has 0 aliphatic rings. The topological polar surface area (TPSA) is 44.8 Å². The fraction of sp³-hybridized carbons (Fsp3) is 0.587. The molecule has 0 saturated carbocycles. The van der Waals surface area contributed by atoms with E-state index in [1.165, 1.54) is 152 Å². The van der Waals surface area contributed by atoms with Crippen molar-refractivity contribution in [1.29, 1.82) is 0 Å². The second-order valence-electron chi connectivity index (χ2n) is 14.6. The standard InChI is InChI=1S/C46H71O4P/c1-4-7-10-13-16-19-22-25-41-28-34-44(35-29-41)48-51(40-47,49-45-36-30-42(31-37-45)26-23-20-17-14-11-8-5-2)50-46-38-32-43(33-39-46)27-24-21-18-15-12-9-6-3/h28-40,51H,4-27H2,1-3H3. The Kier molecular flexibility index (Phi) is 22.4. The van der Waals surface area contributed by atoms with Crippen molar-refractivity contribution in [3.05, 3.63) is 89.5 Å². The van der Waals surface area contributed by atoms with Gasteiger partial charge in [0, 0.05) is 0 Å². The van der Waals surface area contributed by atoms with Crippen molar-refractivity contribution in [2.75, 3.05) is 0 Å². The molecule has 0 N–H and O–H groups in total. The van der Waals surface area contributed by atoms with E-state index in [4.69, 9.17) is 13.6 Å². The second-order valence-corrected chi connectivity index (χ2v) is 16.6. The molecule has 0 fully saturated rings. The monoisotopic (exact) mass is 719 g/mol. The van der Waals surface area contributed by atoms with E-state index in [2.05, 4.69) is 57.2 Å². The average molecular weight is 719 g/mol. The van der Waals surface area contributed by atoms with Crippen LogP contribution in [0.25, 0.3) is 0 Å². The Bertz CT molecular complexity index is 1120. The summed E-state index contributed by atoms with van der Waals surface area (Å²) in [7, 11) is -3.87. The summed E-state index contributed by atoms with van der Waals surface area (Å²) in [5.74, 6) is 1.76. The summed E-state index contributed by atoms with van der Waals surface area (Å²) in [5.41, 5.74) is 3.85. The van der Waals surface area contributed by atoms with Gasteiger partial charge in [-0.3, -0.25) is 0 Å². The van der Waals surface area contributed by atoms with Crippen LogP contribution in [0.3, 0.4) is 0 Å². The van der Waals surface area contributed by atoms with E-state index in [1.807, 2.05) is 36.4 Å². The van der Waals surface area contributed by atoms with Gasteiger partial charge in [-0.25, -0.2) is 0 Å². The molecule has 0 bridgehead atoms. The molecule has 284 valence electrons. The average Bonchev–Trinajstić information content (AvgIpc) is 3.15. The minimum atomic E-state index is -3.87. The minimum absolute atomic E-state index is 0.586. The van der Waals surface area contributed by atoms with Crippen LogP contribution in [-0.4, -0.2) is 6.03 Å². The van der Waals surface area contributed by atoms with Gasteiger partial charge in [-0.05, 0) is 0 Å². The third kappa shape index (κ3) is 18.5. The third-order valence-electron chi connectivity index (χ3n) is 9.90. The van der Waals surface area contributed by atoms with Crippen LogP contribution in [0, 0.1) is 0 Å². The number of aryl methyl sites for hydroxylation is 3. The van der Waals surface area contributed by atoms with E-state index in [9.17, 15) is 4.79 Å². The van der Waals surface area contributed by atoms with Crippen molar-refractivity contribution in [1.82, 2.24) is 0 Å². The van der Waals surface area contributed by atoms with E-state index < -0.39 is 7.94 Å². The van der Waals surface area contributed by atoms with Gasteiger partial charge in [-0.2, -0.15) is 0 Å². The molecule has 0 spiro atoms. The molecule has 3 aromatic rings. The maximum absolute atomic E-state index is 12.9. The fourth-order valence-corrected chi connectivity index (χ4v) is 8.32. The molecule has 3 rings (SSSR count). The van der Waals surface area contributed by atoms with Crippen LogP contribution in [-0.2, 0) is 24.1 Å². The zero-order valence-corrected chi connectivity index (χ0v) is 33.6. The summed E-state index contributed by atoms with van der Waals surface area (Å²) in [5, 5.41) is 0. The Labute approximate surface area is 313 Å². The maximum atomic E-state index is 12.9. The number of hydrogen-bond acceptors (Lipinski definition) is 4. The van der Waals surface area contributed by atoms with E-state index >= 15 is 0 Å². The predicted molar refractivity (Wildman–Crippen MR) is 221 cm³/mol. The molecule has 0 unspecified atom stereocenters. The van der Waals surface area contributed by atoms with E-state index in [-0.39, 0.29) is 0 Å². The Balaban J connectivity index is 1.62. The number of carbonyl (C=O) groups excluding carboxylic acids is 1. The van der Waals surface area contributed by atoms with E-state index in [1.54, 1.807) is 0 Å². The molecular formula is C46H71O4P. The number of benzene rings is 3. The van der Waals surface area contributed by atoms with Gasteiger partial charge in [0.2, 0.25) is 0 Å². The summed E-state index contributed by atoms with van der Waals surface area (Å²) in [6, 6.07) is 25.1. The van der Waals surface area contributed by atoms with Crippen molar-refractivity contribution in [3.63, 3.8) is 0 Å². The van der Waals surface area contributed by atoms with Gasteiger partial charge in [0.15, 0.2) is 0 Å². The molecular weight excluding hydrogens is 647 g/mol. The Morgan fingerprint density at radius 2 is 0.608 bits per heavy atom. The van der Waals surface area contributed by atoms with Crippen LogP contribution in [0.5, 0.6) is 17.2 Å². The van der Waals surface area contributed by atoms with Crippen molar-refractivity contribution in [2.24, 2.45) is 0 Å². The molecule has 51 heavy (non-hydrogen) atoms. The number of rotatable bonds is 31. The molecule has 5 heteroatoms. The van der Waals surface area contributed by atoms with E-state index in [0.29, 0.717) is 17.2 Å². The Morgan fingerprint density at radius 1 is 0.373 bits per heavy atom. The van der Waals surface area contributed by atoms with Crippen LogP contribution in [0.1, 0.15) is 172 Å². The Morgan fingerprint density at radius 3 is 0.843 bits per heavy atom. The van der Waals surface area contributed by atoms with Crippen molar-refractivity contribution < 1.29 is 18.4 Å². The number of unbranched alkanes of at least 4 members (excludes halogenated alkanes) is 18. The SMILES string of the molecule is CCCCCCCCCc1ccc(O[PH](C=O)(Oc2ccc(CCCCCCCCC)cc2)Oc2ccc(CCCCCCCCC)cc2)cc1. The van der Waals surface area contributed by atoms with Crippen LogP contribution < -0.4 is 13.6 Å². The summed E-state index contributed by atoms with van der Waals surface area (Å²) in [4.78, 5) is 12.9. The molecule has 0 radical (unpaired) electrons. The first-order valence-electron chi connectivity index (χ1n) is 20.9. The van der Waals surface area contributed by atoms with Crippen molar-refractivity contribution >= 4 is 14.0 Å². The van der Waals surface area contributed by atoms with Crippen LogP contribution in [0.2, 0.25) is 0 Å². The van der Waals surface area contributed by atoms with Crippen LogP contribution in [0.15, 0.2) is 72.8 Å². The molecule has 0 amide bonds. The van der Waals surface area contributed by atoms with Crippen molar-refractivity contribution in [3.8, 4) is 17.2 Å². The Hall–Kier alpha value is -2.84.